The maximum absolute atomic E-state index is 14.4. The van der Waals surface area contributed by atoms with Crippen LogP contribution in [-0.2, 0) is 20.9 Å². The van der Waals surface area contributed by atoms with Gasteiger partial charge in [0, 0.05) is 10.6 Å². The maximum atomic E-state index is 14.4. The molecule has 1 aliphatic rings. The number of alkyl halides is 3. The first-order chi connectivity index (χ1) is 23.0. The molecular weight excluding hydrogens is 673 g/mol. The number of nitrogens with zero attached hydrogens (tertiary/aromatic N) is 2. The second kappa shape index (κ2) is 14.5. The molecule has 0 saturated heterocycles. The van der Waals surface area contributed by atoms with Crippen molar-refractivity contribution in [3.63, 3.8) is 0 Å². The van der Waals surface area contributed by atoms with Crippen LogP contribution in [0.1, 0.15) is 46.9 Å². The second-order valence-electron chi connectivity index (χ2n) is 10.2. The number of allylic oxidation sites excluding steroid dienone is 1. The van der Waals surface area contributed by atoms with Crippen molar-refractivity contribution in [1.82, 2.24) is 4.57 Å². The van der Waals surface area contributed by atoms with Gasteiger partial charge >= 0.3 is 18.1 Å². The fourth-order valence-corrected chi connectivity index (χ4v) is 6.13. The van der Waals surface area contributed by atoms with Crippen molar-refractivity contribution in [2.75, 3.05) is 20.3 Å². The van der Waals surface area contributed by atoms with E-state index in [-0.39, 0.29) is 40.5 Å². The molecule has 0 N–H and O–H groups in total. The van der Waals surface area contributed by atoms with E-state index in [9.17, 15) is 27.6 Å². The number of aromatic nitrogens is 1. The van der Waals surface area contributed by atoms with Gasteiger partial charge in [-0.05, 0) is 61.4 Å². The number of hydrogen-bond donors (Lipinski definition) is 0. The molecule has 0 unspecified atom stereocenters. The Kier molecular flexibility index (Phi) is 10.4. The van der Waals surface area contributed by atoms with Crippen LogP contribution in [0.25, 0.3) is 6.08 Å². The Morgan fingerprint density at radius 1 is 0.979 bits per heavy atom. The number of esters is 2. The largest absolute Gasteiger partial charge is 0.493 e. The molecule has 5 rings (SSSR count). The number of rotatable bonds is 10. The number of para-hydroxylation sites is 1. The monoisotopic (exact) mass is 700 g/mol. The lowest BCUT2D eigenvalue weighted by atomic mass is 9.95. The Labute approximate surface area is 281 Å². The van der Waals surface area contributed by atoms with Gasteiger partial charge in [0.2, 0.25) is 0 Å². The summed E-state index contributed by atoms with van der Waals surface area (Å²) in [6.45, 7) is 3.28. The van der Waals surface area contributed by atoms with Crippen molar-refractivity contribution >= 4 is 41.0 Å². The van der Waals surface area contributed by atoms with E-state index in [0.717, 1.165) is 15.9 Å². The van der Waals surface area contributed by atoms with E-state index in [4.69, 9.17) is 30.5 Å². The van der Waals surface area contributed by atoms with Crippen molar-refractivity contribution in [1.29, 1.82) is 0 Å². The lowest BCUT2D eigenvalue weighted by molar-refractivity contribution is -0.140. The van der Waals surface area contributed by atoms with E-state index in [0.29, 0.717) is 27.5 Å². The molecule has 0 fully saturated rings. The van der Waals surface area contributed by atoms with Crippen molar-refractivity contribution in [3.05, 3.63) is 125 Å². The van der Waals surface area contributed by atoms with E-state index >= 15 is 0 Å². The van der Waals surface area contributed by atoms with E-state index < -0.39 is 41.0 Å². The molecule has 48 heavy (non-hydrogen) atoms. The third-order valence-corrected chi connectivity index (χ3v) is 8.38. The molecule has 14 heteroatoms. The smallest absolute Gasteiger partial charge is 0.434 e. The van der Waals surface area contributed by atoms with Gasteiger partial charge in [-0.15, -0.1) is 0 Å². The summed E-state index contributed by atoms with van der Waals surface area (Å²) in [5.74, 6) is -1.10. The third-order valence-electron chi connectivity index (χ3n) is 7.14. The SMILES string of the molecule is CCOC(=O)C1=C(C(F)(F)F)N=c2s/c(=C\c3cccc(OC)c3OCc3ccc(C(=O)OCC)cc3)c(=O)n2[C@H]1c1ccc(Cl)cc1. The van der Waals surface area contributed by atoms with Crippen molar-refractivity contribution in [2.24, 2.45) is 4.99 Å². The average Bonchev–Trinajstić information content (AvgIpc) is 3.37. The summed E-state index contributed by atoms with van der Waals surface area (Å²) < 4.78 is 66.0. The molecular formula is C34H28ClF3N2O7S. The van der Waals surface area contributed by atoms with Crippen LogP contribution in [-0.4, -0.2) is 43.0 Å². The lowest BCUT2D eigenvalue weighted by Gasteiger charge is -2.26. The zero-order valence-electron chi connectivity index (χ0n) is 25.8. The number of carbonyl (C=O) groups is 2. The van der Waals surface area contributed by atoms with Gasteiger partial charge in [-0.25, -0.2) is 14.6 Å². The Balaban J connectivity index is 1.62. The quantitative estimate of drug-likeness (QED) is 0.194. The Morgan fingerprint density at radius 3 is 2.27 bits per heavy atom. The summed E-state index contributed by atoms with van der Waals surface area (Å²) in [5, 5.41) is 0.310. The van der Waals surface area contributed by atoms with Gasteiger partial charge in [0.05, 0.1) is 42.0 Å². The zero-order valence-corrected chi connectivity index (χ0v) is 27.4. The average molecular weight is 701 g/mol. The number of carbonyl (C=O) groups excluding carboxylic acids is 2. The van der Waals surface area contributed by atoms with E-state index in [1.165, 1.54) is 44.4 Å². The highest BCUT2D eigenvalue weighted by Crippen LogP contribution is 2.39. The van der Waals surface area contributed by atoms with Crippen LogP contribution < -0.4 is 24.4 Å². The van der Waals surface area contributed by atoms with Crippen molar-refractivity contribution < 1.29 is 41.7 Å². The predicted molar refractivity (Wildman–Crippen MR) is 172 cm³/mol. The topological polar surface area (TPSA) is 105 Å². The Bertz CT molecular complexity index is 2050. The molecule has 0 amide bonds. The van der Waals surface area contributed by atoms with Crippen LogP contribution in [0.3, 0.4) is 0 Å². The zero-order chi connectivity index (χ0) is 34.6. The minimum absolute atomic E-state index is 0.0243. The van der Waals surface area contributed by atoms with Gasteiger partial charge < -0.3 is 18.9 Å². The number of ether oxygens (including phenoxy) is 4. The van der Waals surface area contributed by atoms with Crippen LogP contribution in [0.5, 0.6) is 11.5 Å². The maximum Gasteiger partial charge on any atom is 0.434 e. The highest BCUT2D eigenvalue weighted by atomic mass is 35.5. The first-order valence-corrected chi connectivity index (χ1v) is 15.8. The third kappa shape index (κ3) is 7.16. The fraction of sp³-hybridized carbons (Fsp3) is 0.235. The van der Waals surface area contributed by atoms with Crippen LogP contribution in [0, 0.1) is 0 Å². The van der Waals surface area contributed by atoms with Gasteiger partial charge in [-0.1, -0.05) is 59.3 Å². The molecule has 0 bridgehead atoms. The van der Waals surface area contributed by atoms with E-state index in [1.54, 1.807) is 49.4 Å². The molecule has 2 heterocycles. The molecule has 1 aliphatic heterocycles. The molecule has 0 spiro atoms. The predicted octanol–water partition coefficient (Wildman–Crippen LogP) is 5.76. The molecule has 1 aromatic heterocycles. The summed E-state index contributed by atoms with van der Waals surface area (Å²) >= 11 is 6.77. The van der Waals surface area contributed by atoms with Crippen LogP contribution in [0.4, 0.5) is 13.2 Å². The molecule has 4 aromatic rings. The minimum atomic E-state index is -5.04. The molecule has 250 valence electrons. The molecule has 1 atom stereocenters. The number of halogens is 4. The number of hydrogen-bond acceptors (Lipinski definition) is 9. The molecule has 3 aromatic carbocycles. The molecule has 0 aliphatic carbocycles. The summed E-state index contributed by atoms with van der Waals surface area (Å²) in [6, 6.07) is 15.9. The van der Waals surface area contributed by atoms with E-state index in [2.05, 4.69) is 4.99 Å². The summed E-state index contributed by atoms with van der Waals surface area (Å²) in [5.41, 5.74) is -1.26. The lowest BCUT2D eigenvalue weighted by Crippen LogP contribution is -2.41. The fourth-order valence-electron chi connectivity index (χ4n) is 5.01. The van der Waals surface area contributed by atoms with Crippen LogP contribution in [0.15, 0.2) is 87.8 Å². The Hall–Kier alpha value is -4.88. The van der Waals surface area contributed by atoms with Crippen molar-refractivity contribution in [3.8, 4) is 11.5 Å². The standard InChI is InChI=1S/C34H28ClF3N2O7S/c1-4-45-31(42)21-11-9-19(10-12-21)18-47-28-22(7-6-8-24(28)44-3)17-25-30(41)40-27(20-13-15-23(35)16-14-20)26(32(43)46-5-2)29(34(36,37)38)39-33(40)48-25/h6-17,27H,4-5,18H2,1-3H3/b25-17-/t27-/m0/s1. The highest BCUT2D eigenvalue weighted by molar-refractivity contribution is 7.07. The van der Waals surface area contributed by atoms with Gasteiger partial charge in [0.25, 0.3) is 5.56 Å². The number of thiazole rings is 1. The number of benzene rings is 3. The molecule has 9 nitrogen and oxygen atoms in total. The Morgan fingerprint density at radius 2 is 1.65 bits per heavy atom. The van der Waals surface area contributed by atoms with Crippen LogP contribution >= 0.6 is 22.9 Å². The van der Waals surface area contributed by atoms with Gasteiger partial charge in [0.15, 0.2) is 22.0 Å². The normalized spacial score (nSPS) is 14.6. The van der Waals surface area contributed by atoms with Gasteiger partial charge in [-0.2, -0.15) is 13.2 Å². The minimum Gasteiger partial charge on any atom is -0.493 e. The molecule has 0 saturated carbocycles. The van der Waals surface area contributed by atoms with Gasteiger partial charge in [0.1, 0.15) is 6.61 Å². The highest BCUT2D eigenvalue weighted by Gasteiger charge is 2.45. The number of fused-ring (bicyclic) bond motifs is 1. The summed E-state index contributed by atoms with van der Waals surface area (Å²) in [7, 11) is 1.44. The van der Waals surface area contributed by atoms with Crippen LogP contribution in [0.2, 0.25) is 5.02 Å². The summed E-state index contributed by atoms with van der Waals surface area (Å²) in [4.78, 5) is 42.6. The van der Waals surface area contributed by atoms with Crippen molar-refractivity contribution in [2.45, 2.75) is 32.7 Å². The molecule has 0 radical (unpaired) electrons. The van der Waals surface area contributed by atoms with Gasteiger partial charge in [-0.3, -0.25) is 9.36 Å². The first kappa shape index (κ1) is 34.5. The van der Waals surface area contributed by atoms with E-state index in [1.807, 2.05) is 0 Å². The number of methoxy groups -OCH3 is 1. The first-order valence-electron chi connectivity index (χ1n) is 14.6. The second-order valence-corrected chi connectivity index (χ2v) is 11.6. The summed E-state index contributed by atoms with van der Waals surface area (Å²) in [6.07, 6.45) is -3.57.